The van der Waals surface area contributed by atoms with Crippen LogP contribution in [0.1, 0.15) is 151 Å². The van der Waals surface area contributed by atoms with Crippen molar-refractivity contribution >= 4 is 11.9 Å². The van der Waals surface area contributed by atoms with Crippen LogP contribution in [0.4, 0.5) is 0 Å². The lowest BCUT2D eigenvalue weighted by molar-refractivity contribution is -0.151. The standard InChI is InChI=1S/C31H60O4/c1-7-11-21-28(9-3)24-34-30(32)23-19-17-15-13-14-16-18-20-26(5)27(6)31(33)35-25-29(10-4)22-12-8-2/h26-29H,7-25H2,1-6H3. The summed E-state index contributed by atoms with van der Waals surface area (Å²) in [6.07, 6.45) is 19.1. The van der Waals surface area contributed by atoms with Gasteiger partial charge in [0.15, 0.2) is 0 Å². The number of hydrogen-bond acceptors (Lipinski definition) is 4. The van der Waals surface area contributed by atoms with Gasteiger partial charge in [-0.1, -0.05) is 119 Å². The molecule has 0 radical (unpaired) electrons. The van der Waals surface area contributed by atoms with E-state index < -0.39 is 0 Å². The zero-order chi connectivity index (χ0) is 26.3. The Morgan fingerprint density at radius 2 is 1.09 bits per heavy atom. The lowest BCUT2D eigenvalue weighted by atomic mass is 9.90. The largest absolute Gasteiger partial charge is 0.465 e. The van der Waals surface area contributed by atoms with Crippen LogP contribution in [0.3, 0.4) is 0 Å². The second kappa shape index (κ2) is 23.3. The van der Waals surface area contributed by atoms with Crippen molar-refractivity contribution in [1.29, 1.82) is 0 Å². The predicted molar refractivity (Wildman–Crippen MR) is 148 cm³/mol. The number of unbranched alkanes of at least 4 members (excludes halogenated alkanes) is 8. The molecular formula is C31H60O4. The minimum absolute atomic E-state index is 0.0160. The highest BCUT2D eigenvalue weighted by Gasteiger charge is 2.22. The van der Waals surface area contributed by atoms with E-state index >= 15 is 0 Å². The van der Waals surface area contributed by atoms with Gasteiger partial charge in [0.05, 0.1) is 19.1 Å². The first-order chi connectivity index (χ1) is 16.9. The van der Waals surface area contributed by atoms with Crippen LogP contribution < -0.4 is 0 Å². The predicted octanol–water partition coefficient (Wildman–Crippen LogP) is 9.29. The molecule has 0 aliphatic rings. The van der Waals surface area contributed by atoms with E-state index in [1.165, 1.54) is 64.2 Å². The fourth-order valence-corrected chi connectivity index (χ4v) is 4.51. The van der Waals surface area contributed by atoms with Gasteiger partial charge in [0.2, 0.25) is 0 Å². The fraction of sp³-hybridized carbons (Fsp3) is 0.935. The van der Waals surface area contributed by atoms with Gasteiger partial charge in [-0.05, 0) is 43.4 Å². The summed E-state index contributed by atoms with van der Waals surface area (Å²) in [4.78, 5) is 24.4. The molecule has 4 unspecified atom stereocenters. The molecule has 0 fully saturated rings. The summed E-state index contributed by atoms with van der Waals surface area (Å²) in [6.45, 7) is 14.2. The summed E-state index contributed by atoms with van der Waals surface area (Å²) >= 11 is 0. The summed E-state index contributed by atoms with van der Waals surface area (Å²) in [5.41, 5.74) is 0. The van der Waals surface area contributed by atoms with Crippen LogP contribution >= 0.6 is 0 Å². The van der Waals surface area contributed by atoms with E-state index in [2.05, 4.69) is 34.6 Å². The molecule has 0 aliphatic carbocycles. The highest BCUT2D eigenvalue weighted by atomic mass is 16.5. The molecule has 4 nitrogen and oxygen atoms in total. The molecule has 0 bridgehead atoms. The van der Waals surface area contributed by atoms with Crippen molar-refractivity contribution < 1.29 is 19.1 Å². The second-order valence-corrected chi connectivity index (χ2v) is 10.9. The van der Waals surface area contributed by atoms with Crippen molar-refractivity contribution in [2.24, 2.45) is 23.7 Å². The molecule has 208 valence electrons. The van der Waals surface area contributed by atoms with Crippen molar-refractivity contribution in [2.75, 3.05) is 13.2 Å². The third-order valence-electron chi connectivity index (χ3n) is 7.79. The van der Waals surface area contributed by atoms with Gasteiger partial charge in [0, 0.05) is 6.42 Å². The smallest absolute Gasteiger partial charge is 0.308 e. The van der Waals surface area contributed by atoms with Crippen LogP contribution in [0, 0.1) is 23.7 Å². The molecule has 0 saturated heterocycles. The summed E-state index contributed by atoms with van der Waals surface area (Å²) in [5.74, 6) is 1.36. The molecule has 0 aromatic rings. The van der Waals surface area contributed by atoms with Crippen molar-refractivity contribution in [3.05, 3.63) is 0 Å². The minimum atomic E-state index is -0.0206. The third kappa shape index (κ3) is 18.8. The maximum Gasteiger partial charge on any atom is 0.308 e. The van der Waals surface area contributed by atoms with E-state index in [0.717, 1.165) is 38.5 Å². The zero-order valence-corrected chi connectivity index (χ0v) is 24.4. The van der Waals surface area contributed by atoms with Crippen LogP contribution in [-0.4, -0.2) is 25.2 Å². The maximum absolute atomic E-state index is 12.4. The SMILES string of the molecule is CCCCC(CC)COC(=O)CCCCCCCCCC(C)C(C)C(=O)OCC(CC)CCCC. The van der Waals surface area contributed by atoms with Crippen molar-refractivity contribution in [2.45, 2.75) is 151 Å². The van der Waals surface area contributed by atoms with Gasteiger partial charge in [0.25, 0.3) is 0 Å². The lowest BCUT2D eigenvalue weighted by Crippen LogP contribution is -2.24. The van der Waals surface area contributed by atoms with Gasteiger partial charge in [-0.3, -0.25) is 9.59 Å². The molecule has 0 rings (SSSR count). The lowest BCUT2D eigenvalue weighted by Gasteiger charge is -2.21. The van der Waals surface area contributed by atoms with Gasteiger partial charge in [-0.15, -0.1) is 0 Å². The summed E-state index contributed by atoms with van der Waals surface area (Å²) in [7, 11) is 0. The number of carbonyl (C=O) groups excluding carboxylic acids is 2. The Morgan fingerprint density at radius 1 is 0.600 bits per heavy atom. The molecule has 0 N–H and O–H groups in total. The van der Waals surface area contributed by atoms with Crippen molar-refractivity contribution in [3.8, 4) is 0 Å². The Kier molecular flexibility index (Phi) is 22.6. The molecule has 0 amide bonds. The van der Waals surface area contributed by atoms with E-state index in [9.17, 15) is 9.59 Å². The fourth-order valence-electron chi connectivity index (χ4n) is 4.51. The number of rotatable bonds is 24. The molecule has 4 heteroatoms. The normalized spacial score (nSPS) is 14.8. The molecule has 0 spiro atoms. The van der Waals surface area contributed by atoms with Gasteiger partial charge in [-0.2, -0.15) is 0 Å². The number of hydrogen-bond donors (Lipinski definition) is 0. The summed E-state index contributed by atoms with van der Waals surface area (Å²) < 4.78 is 11.1. The van der Waals surface area contributed by atoms with Crippen LogP contribution in [-0.2, 0) is 19.1 Å². The topological polar surface area (TPSA) is 52.6 Å². The molecule has 4 atom stereocenters. The highest BCUT2D eigenvalue weighted by Crippen LogP contribution is 2.22. The van der Waals surface area contributed by atoms with E-state index in [0.29, 0.717) is 37.4 Å². The van der Waals surface area contributed by atoms with Gasteiger partial charge < -0.3 is 9.47 Å². The first kappa shape index (κ1) is 33.9. The Balaban J connectivity index is 3.74. The molecular weight excluding hydrogens is 436 g/mol. The molecule has 0 saturated carbocycles. The Bertz CT molecular complexity index is 504. The van der Waals surface area contributed by atoms with E-state index in [-0.39, 0.29) is 17.9 Å². The number of ether oxygens (including phenoxy) is 2. The van der Waals surface area contributed by atoms with Crippen LogP contribution in [0.5, 0.6) is 0 Å². The van der Waals surface area contributed by atoms with Gasteiger partial charge in [-0.25, -0.2) is 0 Å². The van der Waals surface area contributed by atoms with Gasteiger partial charge >= 0.3 is 11.9 Å². The Hall–Kier alpha value is -1.06. The zero-order valence-electron chi connectivity index (χ0n) is 24.4. The maximum atomic E-state index is 12.4. The average Bonchev–Trinajstić information content (AvgIpc) is 2.87. The average molecular weight is 497 g/mol. The molecule has 0 heterocycles. The van der Waals surface area contributed by atoms with Crippen LogP contribution in [0.2, 0.25) is 0 Å². The molecule has 0 aromatic carbocycles. The highest BCUT2D eigenvalue weighted by molar-refractivity contribution is 5.72. The summed E-state index contributed by atoms with van der Waals surface area (Å²) in [5, 5.41) is 0. The number of esters is 2. The summed E-state index contributed by atoms with van der Waals surface area (Å²) in [6, 6.07) is 0. The van der Waals surface area contributed by atoms with Crippen LogP contribution in [0.15, 0.2) is 0 Å². The quantitative estimate of drug-likeness (QED) is 0.0986. The van der Waals surface area contributed by atoms with E-state index in [1.807, 2.05) is 6.92 Å². The van der Waals surface area contributed by atoms with E-state index in [1.54, 1.807) is 0 Å². The van der Waals surface area contributed by atoms with Gasteiger partial charge in [0.1, 0.15) is 0 Å². The van der Waals surface area contributed by atoms with Crippen molar-refractivity contribution in [3.63, 3.8) is 0 Å². The van der Waals surface area contributed by atoms with Crippen molar-refractivity contribution in [1.82, 2.24) is 0 Å². The second-order valence-electron chi connectivity index (χ2n) is 10.9. The Labute approximate surface area is 218 Å². The third-order valence-corrected chi connectivity index (χ3v) is 7.79. The molecule has 0 aliphatic heterocycles. The number of carbonyl (C=O) groups is 2. The monoisotopic (exact) mass is 496 g/mol. The minimum Gasteiger partial charge on any atom is -0.465 e. The van der Waals surface area contributed by atoms with E-state index in [4.69, 9.17) is 9.47 Å². The first-order valence-corrected chi connectivity index (χ1v) is 15.2. The Morgan fingerprint density at radius 3 is 1.60 bits per heavy atom. The first-order valence-electron chi connectivity index (χ1n) is 15.2. The van der Waals surface area contributed by atoms with Crippen LogP contribution in [0.25, 0.3) is 0 Å². The molecule has 0 aromatic heterocycles. The molecule has 35 heavy (non-hydrogen) atoms.